The van der Waals surface area contributed by atoms with Crippen molar-refractivity contribution in [2.75, 3.05) is 0 Å². The predicted molar refractivity (Wildman–Crippen MR) is 72.9 cm³/mol. The highest BCUT2D eigenvalue weighted by molar-refractivity contribution is 6.00. The van der Waals surface area contributed by atoms with E-state index < -0.39 is 6.09 Å². The van der Waals surface area contributed by atoms with Crippen molar-refractivity contribution < 1.29 is 9.53 Å². The van der Waals surface area contributed by atoms with Crippen LogP contribution < -0.4 is 10.1 Å². The fraction of sp³-hybridized carbons (Fsp3) is 0.143. The highest BCUT2D eigenvalue weighted by Crippen LogP contribution is 2.08. The van der Waals surface area contributed by atoms with Gasteiger partial charge in [-0.15, -0.1) is 0 Å². The van der Waals surface area contributed by atoms with Crippen LogP contribution in [0.15, 0.2) is 60.8 Å². The molecule has 1 N–H and O–H groups in total. The molecule has 0 saturated carbocycles. The summed E-state index contributed by atoms with van der Waals surface area (Å²) in [5.74, 6) is 0.489. The lowest BCUT2D eigenvalue weighted by Crippen LogP contribution is -2.39. The molecule has 1 unspecified atom stereocenters. The van der Waals surface area contributed by atoms with Gasteiger partial charge in [-0.2, -0.15) is 0 Å². The molecule has 0 bridgehead atoms. The van der Waals surface area contributed by atoms with E-state index in [1.165, 1.54) is 6.20 Å². The summed E-state index contributed by atoms with van der Waals surface area (Å²) in [4.78, 5) is 15.6. The van der Waals surface area contributed by atoms with E-state index in [0.717, 1.165) is 0 Å². The van der Waals surface area contributed by atoms with Crippen LogP contribution in [0.1, 0.15) is 6.92 Å². The normalized spacial score (nSPS) is 12.4. The zero-order chi connectivity index (χ0) is 13.4. The van der Waals surface area contributed by atoms with Gasteiger partial charge in [0.05, 0.1) is 11.8 Å². The van der Waals surface area contributed by atoms with E-state index in [9.17, 15) is 4.79 Å². The van der Waals surface area contributed by atoms with E-state index in [-0.39, 0.29) is 6.04 Å². The van der Waals surface area contributed by atoms with Gasteiger partial charge in [0.2, 0.25) is 0 Å². The largest absolute Gasteiger partial charge is 0.413 e. The van der Waals surface area contributed by atoms with Gasteiger partial charge in [-0.05, 0) is 25.1 Å². The number of benzene rings is 1. The molecule has 0 spiro atoms. The second kappa shape index (κ2) is 7.06. The van der Waals surface area contributed by atoms with Gasteiger partial charge in [0.15, 0.2) is 0 Å². The number of aliphatic imine (C=N–C) groups is 1. The Morgan fingerprint density at radius 1 is 1.39 bits per heavy atom. The molecule has 1 aromatic rings. The Morgan fingerprint density at radius 2 is 2.06 bits per heavy atom. The van der Waals surface area contributed by atoms with Gasteiger partial charge < -0.3 is 10.1 Å². The second-order valence-electron chi connectivity index (χ2n) is 3.51. The van der Waals surface area contributed by atoms with Crippen LogP contribution in [0.2, 0.25) is 0 Å². The third kappa shape index (κ3) is 4.25. The molecule has 0 radical (unpaired) electrons. The molecule has 1 rings (SSSR count). The molecule has 0 aliphatic rings. The molecule has 1 atom stereocenters. The number of hydrogen-bond acceptors (Lipinski definition) is 3. The summed E-state index contributed by atoms with van der Waals surface area (Å²) in [6, 6.07) is 8.55. The molecule has 4 heteroatoms. The van der Waals surface area contributed by atoms with E-state index in [1.54, 1.807) is 37.3 Å². The summed E-state index contributed by atoms with van der Waals surface area (Å²) < 4.78 is 5.09. The van der Waals surface area contributed by atoms with Gasteiger partial charge >= 0.3 is 6.09 Å². The van der Waals surface area contributed by atoms with Crippen LogP contribution in [0.3, 0.4) is 0 Å². The maximum Gasteiger partial charge on any atom is 0.413 e. The Kier molecular flexibility index (Phi) is 5.38. The van der Waals surface area contributed by atoms with Gasteiger partial charge in [0.1, 0.15) is 5.75 Å². The van der Waals surface area contributed by atoms with Crippen molar-refractivity contribution in [1.82, 2.24) is 5.32 Å². The first-order chi connectivity index (χ1) is 8.67. The highest BCUT2D eigenvalue weighted by Gasteiger charge is 2.12. The van der Waals surface area contributed by atoms with E-state index in [2.05, 4.69) is 23.5 Å². The molecule has 0 aliphatic carbocycles. The van der Waals surface area contributed by atoms with Crippen LogP contribution in [-0.2, 0) is 0 Å². The van der Waals surface area contributed by atoms with Gasteiger partial charge in [-0.25, -0.2) is 4.79 Å². The van der Waals surface area contributed by atoms with Crippen molar-refractivity contribution in [1.29, 1.82) is 0 Å². The van der Waals surface area contributed by atoms with Crippen molar-refractivity contribution in [3.05, 3.63) is 55.8 Å². The van der Waals surface area contributed by atoms with Crippen LogP contribution in [0.25, 0.3) is 0 Å². The Labute approximate surface area is 107 Å². The fourth-order valence-electron chi connectivity index (χ4n) is 1.32. The number of amides is 1. The molecule has 0 saturated heterocycles. The molecule has 18 heavy (non-hydrogen) atoms. The highest BCUT2D eigenvalue weighted by atomic mass is 16.6. The maximum absolute atomic E-state index is 11.6. The third-order valence-electron chi connectivity index (χ3n) is 2.18. The predicted octanol–water partition coefficient (Wildman–Crippen LogP) is 2.93. The first kappa shape index (κ1) is 13.7. The zero-order valence-electron chi connectivity index (χ0n) is 10.3. The van der Waals surface area contributed by atoms with Crippen molar-refractivity contribution in [2.24, 2.45) is 4.99 Å². The lowest BCUT2D eigenvalue weighted by molar-refractivity contribution is 0.199. The molecule has 4 nitrogen and oxygen atoms in total. The number of carbonyl (C=O) groups is 1. The van der Waals surface area contributed by atoms with E-state index in [0.29, 0.717) is 11.5 Å². The van der Waals surface area contributed by atoms with E-state index in [1.807, 2.05) is 6.07 Å². The Hall–Kier alpha value is -2.36. The minimum absolute atomic E-state index is 0.295. The molecule has 0 aliphatic heterocycles. The number of ether oxygens (including phenoxy) is 1. The van der Waals surface area contributed by atoms with Gasteiger partial charge in [0.25, 0.3) is 0 Å². The first-order valence-corrected chi connectivity index (χ1v) is 5.51. The summed E-state index contributed by atoms with van der Waals surface area (Å²) in [6.45, 7) is 8.91. The smallest absolute Gasteiger partial charge is 0.410 e. The molecule has 94 valence electrons. The number of carbonyl (C=O) groups excluding carboxylic acids is 1. The average molecular weight is 244 g/mol. The van der Waals surface area contributed by atoms with Crippen LogP contribution in [0, 0.1) is 0 Å². The molecule has 0 fully saturated rings. The van der Waals surface area contributed by atoms with Crippen molar-refractivity contribution >= 4 is 11.8 Å². The van der Waals surface area contributed by atoms with E-state index in [4.69, 9.17) is 4.74 Å². The monoisotopic (exact) mass is 244 g/mol. The van der Waals surface area contributed by atoms with Crippen LogP contribution in [-0.4, -0.2) is 17.8 Å². The average Bonchev–Trinajstić information content (AvgIpc) is 2.36. The van der Waals surface area contributed by atoms with Crippen molar-refractivity contribution in [3.63, 3.8) is 0 Å². The molecule has 1 aromatic carbocycles. The Morgan fingerprint density at radius 3 is 2.61 bits per heavy atom. The minimum Gasteiger partial charge on any atom is -0.410 e. The lowest BCUT2D eigenvalue weighted by atomic mass is 10.2. The standard InChI is InChI=1S/C14H16N2O2/c1-4-13(15-5-2)11(3)16-14(17)18-12-9-7-6-8-10-12/h4-11H,1-2H2,3H3,(H,16,17). The molecular formula is C14H16N2O2. The number of nitrogens with one attached hydrogen (secondary N) is 1. The number of rotatable bonds is 5. The summed E-state index contributed by atoms with van der Waals surface area (Å²) in [5, 5.41) is 2.65. The third-order valence-corrected chi connectivity index (χ3v) is 2.18. The number of nitrogens with zero attached hydrogens (tertiary/aromatic N) is 1. The van der Waals surface area contributed by atoms with Crippen molar-refractivity contribution in [2.45, 2.75) is 13.0 Å². The first-order valence-electron chi connectivity index (χ1n) is 5.51. The Balaban J connectivity index is 2.57. The van der Waals surface area contributed by atoms with Crippen LogP contribution >= 0.6 is 0 Å². The number of hydrogen-bond donors (Lipinski definition) is 1. The zero-order valence-corrected chi connectivity index (χ0v) is 10.3. The maximum atomic E-state index is 11.6. The van der Waals surface area contributed by atoms with Crippen LogP contribution in [0.5, 0.6) is 5.75 Å². The lowest BCUT2D eigenvalue weighted by Gasteiger charge is -2.13. The summed E-state index contributed by atoms with van der Waals surface area (Å²) in [5.41, 5.74) is 0.620. The quantitative estimate of drug-likeness (QED) is 0.809. The molecule has 0 aromatic heterocycles. The summed E-state index contributed by atoms with van der Waals surface area (Å²) in [6.07, 6.45) is 2.43. The van der Waals surface area contributed by atoms with Gasteiger partial charge in [0, 0.05) is 6.20 Å². The topological polar surface area (TPSA) is 50.7 Å². The van der Waals surface area contributed by atoms with Gasteiger partial charge in [-0.1, -0.05) is 31.4 Å². The molecular weight excluding hydrogens is 228 g/mol. The SMILES string of the molecule is C=CN=C(C=C)C(C)NC(=O)Oc1ccccc1. The molecule has 1 amide bonds. The van der Waals surface area contributed by atoms with E-state index >= 15 is 0 Å². The van der Waals surface area contributed by atoms with Crippen LogP contribution in [0.4, 0.5) is 4.79 Å². The molecule has 0 heterocycles. The Bertz CT molecular complexity index is 452. The fourth-order valence-corrected chi connectivity index (χ4v) is 1.32. The second-order valence-corrected chi connectivity index (χ2v) is 3.51. The van der Waals surface area contributed by atoms with Gasteiger partial charge in [-0.3, -0.25) is 4.99 Å². The summed E-state index contributed by atoms with van der Waals surface area (Å²) in [7, 11) is 0. The van der Waals surface area contributed by atoms with Crippen molar-refractivity contribution in [3.8, 4) is 5.75 Å². The number of para-hydroxylation sites is 1. The minimum atomic E-state index is -0.535. The summed E-state index contributed by atoms with van der Waals surface area (Å²) >= 11 is 0.